The molecule has 0 saturated carbocycles. The summed E-state index contributed by atoms with van der Waals surface area (Å²) < 4.78 is 0. The van der Waals surface area contributed by atoms with Crippen LogP contribution in [0.4, 0.5) is 5.69 Å². The van der Waals surface area contributed by atoms with E-state index in [0.29, 0.717) is 6.29 Å². The first-order chi connectivity index (χ1) is 6.22. The fourth-order valence-corrected chi connectivity index (χ4v) is 0.891. The Kier molecular flexibility index (Phi) is 3.53. The van der Waals surface area contributed by atoms with E-state index in [1.807, 2.05) is 31.2 Å². The molecule has 0 aliphatic rings. The SMILES string of the molecule is Cc1ccc(N/C=C(\Cl)C=O)cc1. The van der Waals surface area contributed by atoms with E-state index in [-0.39, 0.29) is 5.03 Å². The van der Waals surface area contributed by atoms with Crippen LogP contribution >= 0.6 is 11.6 Å². The van der Waals surface area contributed by atoms with E-state index in [1.54, 1.807) is 0 Å². The van der Waals surface area contributed by atoms with Gasteiger partial charge in [-0.05, 0) is 19.1 Å². The molecule has 0 bridgehead atoms. The summed E-state index contributed by atoms with van der Waals surface area (Å²) in [6.45, 7) is 2.01. The highest BCUT2D eigenvalue weighted by molar-refractivity contribution is 6.38. The van der Waals surface area contributed by atoms with Crippen molar-refractivity contribution < 1.29 is 4.79 Å². The zero-order valence-electron chi connectivity index (χ0n) is 7.25. The van der Waals surface area contributed by atoms with Gasteiger partial charge in [-0.2, -0.15) is 0 Å². The number of hydrogen-bond acceptors (Lipinski definition) is 2. The van der Waals surface area contributed by atoms with Gasteiger partial charge in [0.1, 0.15) is 0 Å². The third kappa shape index (κ3) is 3.30. The van der Waals surface area contributed by atoms with Crippen LogP contribution in [0.3, 0.4) is 0 Å². The van der Waals surface area contributed by atoms with Crippen LogP contribution in [0.1, 0.15) is 5.56 Å². The number of anilines is 1. The molecule has 1 N–H and O–H groups in total. The second kappa shape index (κ2) is 4.67. The number of aldehydes is 1. The maximum atomic E-state index is 10.1. The zero-order chi connectivity index (χ0) is 9.68. The Balaban J connectivity index is 2.65. The average molecular weight is 196 g/mol. The molecule has 0 atom stereocenters. The van der Waals surface area contributed by atoms with Crippen molar-refractivity contribution in [2.24, 2.45) is 0 Å². The summed E-state index contributed by atoms with van der Waals surface area (Å²) in [7, 11) is 0. The molecule has 1 aromatic rings. The van der Waals surface area contributed by atoms with Crippen LogP contribution in [0.5, 0.6) is 0 Å². The van der Waals surface area contributed by atoms with Crippen molar-refractivity contribution in [1.82, 2.24) is 0 Å². The molecule has 0 amide bonds. The fourth-order valence-electron chi connectivity index (χ4n) is 0.836. The van der Waals surface area contributed by atoms with Crippen LogP contribution in [-0.4, -0.2) is 6.29 Å². The summed E-state index contributed by atoms with van der Waals surface area (Å²) in [6, 6.07) is 7.79. The van der Waals surface area contributed by atoms with Gasteiger partial charge in [-0.1, -0.05) is 29.3 Å². The third-order valence-electron chi connectivity index (χ3n) is 1.54. The summed E-state index contributed by atoms with van der Waals surface area (Å²) in [6.07, 6.45) is 2.04. The number of halogens is 1. The van der Waals surface area contributed by atoms with Crippen molar-refractivity contribution in [2.45, 2.75) is 6.92 Å². The normalized spacial score (nSPS) is 11.1. The summed E-state index contributed by atoms with van der Waals surface area (Å²) in [5.74, 6) is 0. The molecule has 0 unspecified atom stereocenters. The van der Waals surface area contributed by atoms with Gasteiger partial charge in [-0.3, -0.25) is 4.79 Å². The van der Waals surface area contributed by atoms with Crippen LogP contribution in [0.25, 0.3) is 0 Å². The van der Waals surface area contributed by atoms with Crippen LogP contribution < -0.4 is 5.32 Å². The highest BCUT2D eigenvalue weighted by Gasteiger charge is 1.89. The van der Waals surface area contributed by atoms with Crippen molar-refractivity contribution >= 4 is 23.6 Å². The standard InChI is InChI=1S/C10H10ClNO/c1-8-2-4-10(5-3-8)12-6-9(11)7-13/h2-7,12H,1H3/b9-6-. The molecule has 3 heteroatoms. The first-order valence-electron chi connectivity index (χ1n) is 3.86. The second-order valence-electron chi connectivity index (χ2n) is 2.66. The predicted octanol–water partition coefficient (Wildman–Crippen LogP) is 2.69. The molecule has 0 saturated heterocycles. The number of allylic oxidation sites excluding steroid dienone is 1. The smallest absolute Gasteiger partial charge is 0.162 e. The predicted molar refractivity (Wildman–Crippen MR) is 54.8 cm³/mol. The molecule has 0 fully saturated rings. The van der Waals surface area contributed by atoms with E-state index >= 15 is 0 Å². The van der Waals surface area contributed by atoms with Gasteiger partial charge in [0.15, 0.2) is 6.29 Å². The Morgan fingerprint density at radius 2 is 2.00 bits per heavy atom. The van der Waals surface area contributed by atoms with E-state index < -0.39 is 0 Å². The van der Waals surface area contributed by atoms with Crippen LogP contribution in [-0.2, 0) is 4.79 Å². The van der Waals surface area contributed by atoms with Gasteiger partial charge in [0.25, 0.3) is 0 Å². The molecule has 0 aliphatic heterocycles. The van der Waals surface area contributed by atoms with Crippen LogP contribution in [0.2, 0.25) is 0 Å². The van der Waals surface area contributed by atoms with E-state index in [2.05, 4.69) is 5.32 Å². The van der Waals surface area contributed by atoms with Gasteiger partial charge in [0.05, 0.1) is 5.03 Å². The number of carbonyl (C=O) groups excluding carboxylic acids is 1. The lowest BCUT2D eigenvalue weighted by molar-refractivity contribution is -0.104. The minimum absolute atomic E-state index is 0.153. The highest BCUT2D eigenvalue weighted by atomic mass is 35.5. The first-order valence-corrected chi connectivity index (χ1v) is 4.24. The molecule has 68 valence electrons. The van der Waals surface area contributed by atoms with Crippen molar-refractivity contribution in [3.8, 4) is 0 Å². The summed E-state index contributed by atoms with van der Waals surface area (Å²) >= 11 is 5.48. The van der Waals surface area contributed by atoms with E-state index in [4.69, 9.17) is 11.6 Å². The quantitative estimate of drug-likeness (QED) is 0.594. The van der Waals surface area contributed by atoms with Crippen LogP contribution in [0.15, 0.2) is 35.5 Å². The van der Waals surface area contributed by atoms with Crippen molar-refractivity contribution in [3.05, 3.63) is 41.1 Å². The lowest BCUT2D eigenvalue weighted by Crippen LogP contribution is -1.89. The van der Waals surface area contributed by atoms with Gasteiger partial charge >= 0.3 is 0 Å². The largest absolute Gasteiger partial charge is 0.360 e. The zero-order valence-corrected chi connectivity index (χ0v) is 8.01. The number of benzene rings is 1. The summed E-state index contributed by atoms with van der Waals surface area (Å²) in [5, 5.41) is 3.05. The van der Waals surface area contributed by atoms with Crippen LogP contribution in [0, 0.1) is 6.92 Å². The molecular weight excluding hydrogens is 186 g/mol. The number of nitrogens with one attached hydrogen (secondary N) is 1. The lowest BCUT2D eigenvalue weighted by atomic mass is 10.2. The van der Waals surface area contributed by atoms with E-state index in [1.165, 1.54) is 11.8 Å². The van der Waals surface area contributed by atoms with Gasteiger partial charge in [0.2, 0.25) is 0 Å². The number of rotatable bonds is 3. The first kappa shape index (κ1) is 9.81. The maximum Gasteiger partial charge on any atom is 0.162 e. The molecule has 0 heterocycles. The summed E-state index contributed by atoms with van der Waals surface area (Å²) in [4.78, 5) is 10.1. The Labute approximate surface area is 82.2 Å². The average Bonchev–Trinajstić information content (AvgIpc) is 2.16. The molecule has 2 nitrogen and oxygen atoms in total. The molecule has 0 radical (unpaired) electrons. The van der Waals surface area contributed by atoms with Crippen molar-refractivity contribution in [1.29, 1.82) is 0 Å². The molecule has 0 spiro atoms. The van der Waals surface area contributed by atoms with Gasteiger partial charge < -0.3 is 5.32 Å². The maximum absolute atomic E-state index is 10.1. The minimum Gasteiger partial charge on any atom is -0.360 e. The fraction of sp³-hybridized carbons (Fsp3) is 0.100. The minimum atomic E-state index is 0.153. The van der Waals surface area contributed by atoms with Crippen molar-refractivity contribution in [2.75, 3.05) is 5.32 Å². The lowest BCUT2D eigenvalue weighted by Gasteiger charge is -2.00. The Morgan fingerprint density at radius 1 is 1.38 bits per heavy atom. The molecule has 1 rings (SSSR count). The van der Waals surface area contributed by atoms with Gasteiger partial charge in [-0.25, -0.2) is 0 Å². The Hall–Kier alpha value is -1.28. The summed E-state index contributed by atoms with van der Waals surface area (Å²) in [5.41, 5.74) is 2.10. The highest BCUT2D eigenvalue weighted by Crippen LogP contribution is 2.09. The number of carbonyl (C=O) groups is 1. The second-order valence-corrected chi connectivity index (χ2v) is 3.09. The molecule has 1 aromatic carbocycles. The Bertz CT molecular complexity index is 316. The molecule has 0 aromatic heterocycles. The van der Waals surface area contributed by atoms with Gasteiger partial charge in [-0.15, -0.1) is 0 Å². The van der Waals surface area contributed by atoms with Gasteiger partial charge in [0, 0.05) is 11.9 Å². The van der Waals surface area contributed by atoms with E-state index in [9.17, 15) is 4.79 Å². The van der Waals surface area contributed by atoms with E-state index in [0.717, 1.165) is 5.69 Å². The molecular formula is C10H10ClNO. The number of hydrogen-bond donors (Lipinski definition) is 1. The Morgan fingerprint density at radius 3 is 2.54 bits per heavy atom. The molecule has 0 aliphatic carbocycles. The topological polar surface area (TPSA) is 29.1 Å². The number of aryl methyl sites for hydroxylation is 1. The molecule has 13 heavy (non-hydrogen) atoms. The van der Waals surface area contributed by atoms with Crippen molar-refractivity contribution in [3.63, 3.8) is 0 Å². The monoisotopic (exact) mass is 195 g/mol. The third-order valence-corrected chi connectivity index (χ3v) is 1.74.